The van der Waals surface area contributed by atoms with Gasteiger partial charge in [0.05, 0.1) is 6.10 Å². The molecule has 0 bridgehead atoms. The van der Waals surface area contributed by atoms with Gasteiger partial charge in [-0.2, -0.15) is 4.31 Å². The molecule has 0 aromatic heterocycles. The molecular weight excluding hydrogens is 242 g/mol. The minimum atomic E-state index is -3.70. The molecule has 0 amide bonds. The van der Waals surface area contributed by atoms with Crippen molar-refractivity contribution in [1.82, 2.24) is 4.31 Å². The molecule has 2 rings (SSSR count). The molecule has 1 saturated heterocycles. The maximum absolute atomic E-state index is 12.2. The number of para-hydroxylation sites is 1. The second kappa shape index (κ2) is 4.64. The molecule has 5 nitrogen and oxygen atoms in total. The van der Waals surface area contributed by atoms with Crippen molar-refractivity contribution >= 4 is 10.0 Å². The fourth-order valence-electron chi connectivity index (χ4n) is 1.95. The largest absolute Gasteiger partial charge is 0.507 e. The molecule has 94 valence electrons. The molecule has 1 aromatic carbocycles. The summed E-state index contributed by atoms with van der Waals surface area (Å²) in [5.74, 6) is -0.257. The van der Waals surface area contributed by atoms with E-state index in [-0.39, 0.29) is 17.2 Å². The first kappa shape index (κ1) is 12.3. The monoisotopic (exact) mass is 257 g/mol. The lowest BCUT2D eigenvalue weighted by atomic mass is 10.1. The fraction of sp³-hybridized carbons (Fsp3) is 0.455. The van der Waals surface area contributed by atoms with Gasteiger partial charge in [-0.25, -0.2) is 8.42 Å². The third kappa shape index (κ3) is 2.43. The lowest BCUT2D eigenvalue weighted by Crippen LogP contribution is -2.42. The normalized spacial score (nSPS) is 22.5. The minimum Gasteiger partial charge on any atom is -0.507 e. The lowest BCUT2D eigenvalue weighted by Gasteiger charge is -2.29. The SMILES string of the molecule is O=S(=O)(c1ccccc1O)N1CCCC(O)C1. The Morgan fingerprint density at radius 2 is 2.00 bits per heavy atom. The zero-order valence-electron chi connectivity index (χ0n) is 9.28. The van der Waals surface area contributed by atoms with Gasteiger partial charge in [0, 0.05) is 13.1 Å². The van der Waals surface area contributed by atoms with Gasteiger partial charge < -0.3 is 10.2 Å². The van der Waals surface area contributed by atoms with Gasteiger partial charge in [-0.1, -0.05) is 12.1 Å². The van der Waals surface area contributed by atoms with E-state index in [4.69, 9.17) is 0 Å². The summed E-state index contributed by atoms with van der Waals surface area (Å²) in [6.45, 7) is 0.477. The van der Waals surface area contributed by atoms with Crippen LogP contribution in [-0.4, -0.2) is 42.1 Å². The van der Waals surface area contributed by atoms with Gasteiger partial charge in [0.1, 0.15) is 10.6 Å². The summed E-state index contributed by atoms with van der Waals surface area (Å²) in [4.78, 5) is -0.103. The third-order valence-electron chi connectivity index (χ3n) is 2.84. The van der Waals surface area contributed by atoms with Gasteiger partial charge in [0.25, 0.3) is 0 Å². The van der Waals surface area contributed by atoms with Crippen molar-refractivity contribution in [2.45, 2.75) is 23.8 Å². The van der Waals surface area contributed by atoms with E-state index in [2.05, 4.69) is 0 Å². The van der Waals surface area contributed by atoms with Crippen molar-refractivity contribution in [3.63, 3.8) is 0 Å². The summed E-state index contributed by atoms with van der Waals surface area (Å²) in [6.07, 6.45) is 0.630. The van der Waals surface area contributed by atoms with Crippen LogP contribution in [0.1, 0.15) is 12.8 Å². The number of hydrogen-bond donors (Lipinski definition) is 2. The molecule has 0 aliphatic carbocycles. The second-order valence-electron chi connectivity index (χ2n) is 4.13. The van der Waals surface area contributed by atoms with Crippen LogP contribution >= 0.6 is 0 Å². The van der Waals surface area contributed by atoms with Crippen molar-refractivity contribution in [1.29, 1.82) is 0 Å². The number of nitrogens with zero attached hydrogens (tertiary/aromatic N) is 1. The Bertz CT molecular complexity index is 500. The van der Waals surface area contributed by atoms with Crippen molar-refractivity contribution in [3.05, 3.63) is 24.3 Å². The molecule has 0 spiro atoms. The number of rotatable bonds is 2. The summed E-state index contributed by atoms with van der Waals surface area (Å²) in [5.41, 5.74) is 0. The molecule has 1 fully saturated rings. The van der Waals surface area contributed by atoms with E-state index >= 15 is 0 Å². The second-order valence-corrected chi connectivity index (χ2v) is 6.03. The number of phenolic OH excluding ortho intramolecular Hbond substituents is 1. The van der Waals surface area contributed by atoms with Gasteiger partial charge in [-0.3, -0.25) is 0 Å². The Kier molecular flexibility index (Phi) is 3.37. The Balaban J connectivity index is 2.33. The van der Waals surface area contributed by atoms with Gasteiger partial charge in [-0.05, 0) is 25.0 Å². The summed E-state index contributed by atoms with van der Waals surface area (Å²) in [7, 11) is -3.70. The van der Waals surface area contributed by atoms with Crippen molar-refractivity contribution < 1.29 is 18.6 Å². The molecule has 0 radical (unpaired) electrons. The van der Waals surface area contributed by atoms with E-state index in [9.17, 15) is 18.6 Å². The minimum absolute atomic E-state index is 0.0939. The summed E-state index contributed by atoms with van der Waals surface area (Å²) in [5, 5.41) is 19.1. The van der Waals surface area contributed by atoms with E-state index in [1.54, 1.807) is 12.1 Å². The van der Waals surface area contributed by atoms with E-state index < -0.39 is 16.1 Å². The molecular formula is C11H15NO4S. The smallest absolute Gasteiger partial charge is 0.246 e. The van der Waals surface area contributed by atoms with E-state index in [1.165, 1.54) is 16.4 Å². The first-order valence-corrected chi connectivity index (χ1v) is 6.92. The summed E-state index contributed by atoms with van der Waals surface area (Å²) in [6, 6.07) is 5.84. The number of aliphatic hydroxyl groups excluding tert-OH is 1. The number of β-amino-alcohol motifs (C(OH)–C–C–N with tert-alkyl or cyclic N) is 1. The first-order valence-electron chi connectivity index (χ1n) is 5.48. The predicted octanol–water partition coefficient (Wildman–Crippen LogP) is 0.538. The van der Waals surface area contributed by atoms with Crippen LogP contribution in [-0.2, 0) is 10.0 Å². The fourth-order valence-corrected chi connectivity index (χ4v) is 3.55. The zero-order chi connectivity index (χ0) is 12.5. The van der Waals surface area contributed by atoms with Crippen molar-refractivity contribution in [2.24, 2.45) is 0 Å². The van der Waals surface area contributed by atoms with Crippen LogP contribution in [0.15, 0.2) is 29.2 Å². The van der Waals surface area contributed by atoms with Crippen LogP contribution in [0.3, 0.4) is 0 Å². The summed E-state index contributed by atoms with van der Waals surface area (Å²) >= 11 is 0. The standard InChI is InChI=1S/C11H15NO4S/c13-9-4-3-7-12(8-9)17(15,16)11-6-2-1-5-10(11)14/h1-2,5-6,9,13-14H,3-4,7-8H2. The number of aliphatic hydroxyl groups is 1. The molecule has 1 aliphatic rings. The number of aromatic hydroxyl groups is 1. The van der Waals surface area contributed by atoms with Crippen LogP contribution in [0.2, 0.25) is 0 Å². The molecule has 2 N–H and O–H groups in total. The van der Waals surface area contributed by atoms with Crippen LogP contribution in [0.4, 0.5) is 0 Å². The van der Waals surface area contributed by atoms with Crippen LogP contribution in [0, 0.1) is 0 Å². The highest BCUT2D eigenvalue weighted by molar-refractivity contribution is 7.89. The number of benzene rings is 1. The molecule has 17 heavy (non-hydrogen) atoms. The van der Waals surface area contributed by atoms with Crippen LogP contribution in [0.25, 0.3) is 0 Å². The van der Waals surface area contributed by atoms with Crippen LogP contribution in [0.5, 0.6) is 5.75 Å². The van der Waals surface area contributed by atoms with Gasteiger partial charge in [0.15, 0.2) is 0 Å². The van der Waals surface area contributed by atoms with Gasteiger partial charge in [0.2, 0.25) is 10.0 Å². The van der Waals surface area contributed by atoms with Gasteiger partial charge in [-0.15, -0.1) is 0 Å². The zero-order valence-corrected chi connectivity index (χ0v) is 10.1. The number of hydrogen-bond acceptors (Lipinski definition) is 4. The molecule has 6 heteroatoms. The lowest BCUT2D eigenvalue weighted by molar-refractivity contribution is 0.108. The Morgan fingerprint density at radius 1 is 1.29 bits per heavy atom. The molecule has 1 heterocycles. The van der Waals surface area contributed by atoms with Crippen molar-refractivity contribution in [3.8, 4) is 5.75 Å². The quantitative estimate of drug-likeness (QED) is 0.810. The third-order valence-corrected chi connectivity index (χ3v) is 4.75. The van der Waals surface area contributed by atoms with E-state index in [1.807, 2.05) is 0 Å². The Labute approximate surface area is 100 Å². The molecule has 1 atom stereocenters. The maximum atomic E-state index is 12.2. The Hall–Kier alpha value is -1.11. The topological polar surface area (TPSA) is 77.8 Å². The van der Waals surface area contributed by atoms with E-state index in [0.29, 0.717) is 19.4 Å². The highest BCUT2D eigenvalue weighted by Gasteiger charge is 2.30. The van der Waals surface area contributed by atoms with Gasteiger partial charge >= 0.3 is 0 Å². The van der Waals surface area contributed by atoms with Crippen LogP contribution < -0.4 is 0 Å². The molecule has 1 aromatic rings. The van der Waals surface area contributed by atoms with E-state index in [0.717, 1.165) is 0 Å². The first-order chi connectivity index (χ1) is 8.01. The number of piperidine rings is 1. The number of sulfonamides is 1. The summed E-state index contributed by atoms with van der Waals surface area (Å²) < 4.78 is 25.6. The Morgan fingerprint density at radius 3 is 2.65 bits per heavy atom. The maximum Gasteiger partial charge on any atom is 0.246 e. The predicted molar refractivity (Wildman–Crippen MR) is 62.1 cm³/mol. The number of phenols is 1. The average Bonchev–Trinajstić information content (AvgIpc) is 2.29. The molecule has 0 saturated carbocycles. The highest BCUT2D eigenvalue weighted by atomic mass is 32.2. The molecule has 1 aliphatic heterocycles. The molecule has 1 unspecified atom stereocenters. The average molecular weight is 257 g/mol. The highest BCUT2D eigenvalue weighted by Crippen LogP contribution is 2.27. The van der Waals surface area contributed by atoms with Crippen molar-refractivity contribution in [2.75, 3.05) is 13.1 Å².